The van der Waals surface area contributed by atoms with Crippen LogP contribution in [0, 0.1) is 0 Å². The van der Waals surface area contributed by atoms with Gasteiger partial charge in [-0.2, -0.15) is 0 Å². The number of hydrogen-bond donors (Lipinski definition) is 0. The summed E-state index contributed by atoms with van der Waals surface area (Å²) in [6, 6.07) is 11.7. The van der Waals surface area contributed by atoms with Crippen molar-refractivity contribution in [1.29, 1.82) is 0 Å². The van der Waals surface area contributed by atoms with Crippen LogP contribution in [0.25, 0.3) is 0 Å². The van der Waals surface area contributed by atoms with E-state index in [1.807, 2.05) is 24.3 Å². The predicted octanol–water partition coefficient (Wildman–Crippen LogP) is 2.88. The summed E-state index contributed by atoms with van der Waals surface area (Å²) in [7, 11) is -2.31. The molecule has 0 saturated carbocycles. The molecule has 0 bridgehead atoms. The van der Waals surface area contributed by atoms with Crippen LogP contribution in [0.4, 0.5) is 0 Å². The number of amides is 2. The van der Waals surface area contributed by atoms with Gasteiger partial charge >= 0.3 is 0 Å². The molecule has 0 aromatic heterocycles. The summed E-state index contributed by atoms with van der Waals surface area (Å²) >= 11 is 0. The van der Waals surface area contributed by atoms with E-state index in [2.05, 4.69) is 0 Å². The lowest BCUT2D eigenvalue weighted by atomic mass is 9.98. The number of ether oxygens (including phenoxy) is 1. The number of sulfonamides is 1. The highest BCUT2D eigenvalue weighted by atomic mass is 32.2. The first-order valence-corrected chi connectivity index (χ1v) is 11.3. The van der Waals surface area contributed by atoms with E-state index >= 15 is 0 Å². The fourth-order valence-corrected chi connectivity index (χ4v) is 5.96. The van der Waals surface area contributed by atoms with Crippen molar-refractivity contribution in [1.82, 2.24) is 9.21 Å². The van der Waals surface area contributed by atoms with Gasteiger partial charge in [-0.15, -0.1) is 0 Å². The van der Waals surface area contributed by atoms with Crippen LogP contribution in [0.3, 0.4) is 0 Å². The summed E-state index contributed by atoms with van der Waals surface area (Å²) < 4.78 is 31.7. The second-order valence-electron chi connectivity index (χ2n) is 7.92. The number of fused-ring (bicyclic) bond motifs is 1. The highest BCUT2D eigenvalue weighted by Crippen LogP contribution is 2.34. The van der Waals surface area contributed by atoms with Crippen molar-refractivity contribution in [3.8, 4) is 5.75 Å². The highest BCUT2D eigenvalue weighted by Gasteiger charge is 2.43. The molecule has 0 aliphatic carbocycles. The molecule has 1 unspecified atom stereocenters. The summed E-state index contributed by atoms with van der Waals surface area (Å²) in [6.07, 6.45) is 0.834. The van der Waals surface area contributed by atoms with Gasteiger partial charge < -0.3 is 9.64 Å². The number of nitrogens with zero attached hydrogens (tertiary/aromatic N) is 2. The molecule has 1 saturated heterocycles. The number of rotatable bonds is 4. The zero-order valence-corrected chi connectivity index (χ0v) is 18.0. The summed E-state index contributed by atoms with van der Waals surface area (Å²) in [4.78, 5) is 27.2. The van der Waals surface area contributed by atoms with Crippen molar-refractivity contribution in [3.05, 3.63) is 59.2 Å². The maximum atomic E-state index is 13.0. The fourth-order valence-electron chi connectivity index (χ4n) is 4.17. The van der Waals surface area contributed by atoms with Gasteiger partial charge in [0.05, 0.1) is 12.7 Å². The van der Waals surface area contributed by atoms with Crippen LogP contribution in [0.1, 0.15) is 52.5 Å². The molecule has 8 heteroatoms. The molecule has 2 aliphatic rings. The average molecular weight is 429 g/mol. The summed E-state index contributed by atoms with van der Waals surface area (Å²) in [5, 5.41) is 0. The van der Waals surface area contributed by atoms with E-state index in [4.69, 9.17) is 4.74 Å². The minimum Gasteiger partial charge on any atom is -0.497 e. The topological polar surface area (TPSA) is 84.0 Å². The molecule has 30 heavy (non-hydrogen) atoms. The molecule has 0 spiro atoms. The Morgan fingerprint density at radius 1 is 1.13 bits per heavy atom. The Morgan fingerprint density at radius 2 is 1.83 bits per heavy atom. The van der Waals surface area contributed by atoms with E-state index in [1.165, 1.54) is 12.1 Å². The van der Waals surface area contributed by atoms with Gasteiger partial charge in [0.25, 0.3) is 21.8 Å². The van der Waals surface area contributed by atoms with E-state index < -0.39 is 22.0 Å². The molecule has 2 aliphatic heterocycles. The van der Waals surface area contributed by atoms with Gasteiger partial charge in [0, 0.05) is 30.6 Å². The number of carbonyl (C=O) groups is 2. The van der Waals surface area contributed by atoms with Crippen LogP contribution < -0.4 is 4.74 Å². The maximum Gasteiger partial charge on any atom is 0.269 e. The van der Waals surface area contributed by atoms with Gasteiger partial charge in [0.2, 0.25) is 0 Å². The molecule has 0 N–H and O–H groups in total. The van der Waals surface area contributed by atoms with Crippen molar-refractivity contribution in [2.24, 2.45) is 0 Å². The number of likely N-dealkylation sites (tertiary alicyclic amines) is 1. The summed E-state index contributed by atoms with van der Waals surface area (Å²) in [5.41, 5.74) is 1.55. The van der Waals surface area contributed by atoms with E-state index in [-0.39, 0.29) is 27.8 Å². The quantitative estimate of drug-likeness (QED) is 0.748. The first kappa shape index (κ1) is 20.4. The number of hydrogen-bond acceptors (Lipinski definition) is 5. The molecular weight excluding hydrogens is 404 g/mol. The molecule has 2 amide bonds. The second kappa shape index (κ2) is 7.43. The first-order valence-electron chi connectivity index (χ1n) is 9.90. The molecule has 1 fully saturated rings. The minimum absolute atomic E-state index is 0.0852. The molecular formula is C22H24N2O5S. The van der Waals surface area contributed by atoms with Crippen molar-refractivity contribution in [3.63, 3.8) is 0 Å². The standard InChI is InChI=1S/C22H24N2O5S/c1-14(2)24-22(26)19-9-6-16(12-20(19)30(24,27)28)21(25)23-11-10-17(13-23)15-4-7-18(29-3)8-5-15/h4-9,12,14,17H,10-11,13H2,1-3H3. The summed E-state index contributed by atoms with van der Waals surface area (Å²) in [6.45, 7) is 4.45. The third kappa shape index (κ3) is 3.25. The van der Waals surface area contributed by atoms with Crippen molar-refractivity contribution in [2.75, 3.05) is 20.2 Å². The lowest BCUT2D eigenvalue weighted by Crippen LogP contribution is -2.36. The molecule has 2 heterocycles. The van der Waals surface area contributed by atoms with Gasteiger partial charge in [-0.3, -0.25) is 9.59 Å². The number of methoxy groups -OCH3 is 1. The Hall–Kier alpha value is -2.87. The Balaban J connectivity index is 1.56. The third-order valence-electron chi connectivity index (χ3n) is 5.73. The van der Waals surface area contributed by atoms with Crippen molar-refractivity contribution >= 4 is 21.8 Å². The number of benzene rings is 2. The third-order valence-corrected chi connectivity index (χ3v) is 7.73. The second-order valence-corrected chi connectivity index (χ2v) is 9.70. The van der Waals surface area contributed by atoms with Gasteiger partial charge in [-0.05, 0) is 56.2 Å². The molecule has 1 atom stereocenters. The Bertz CT molecular complexity index is 1110. The molecule has 4 rings (SSSR count). The fraction of sp³-hybridized carbons (Fsp3) is 0.364. The lowest BCUT2D eigenvalue weighted by molar-refractivity contribution is 0.0788. The smallest absolute Gasteiger partial charge is 0.269 e. The highest BCUT2D eigenvalue weighted by molar-refractivity contribution is 7.90. The summed E-state index contributed by atoms with van der Waals surface area (Å²) in [5.74, 6) is 0.240. The van der Waals surface area contributed by atoms with Crippen LogP contribution in [0.15, 0.2) is 47.4 Å². The molecule has 2 aromatic carbocycles. The number of carbonyl (C=O) groups excluding carboxylic acids is 2. The van der Waals surface area contributed by atoms with Gasteiger partial charge in [0.1, 0.15) is 10.6 Å². The normalized spacial score (nSPS) is 20.0. The molecule has 2 aromatic rings. The van der Waals surface area contributed by atoms with Gasteiger partial charge in [-0.1, -0.05) is 12.1 Å². The van der Waals surface area contributed by atoms with Crippen molar-refractivity contribution < 1.29 is 22.7 Å². The van der Waals surface area contributed by atoms with E-state index in [0.717, 1.165) is 22.0 Å². The SMILES string of the molecule is COc1ccc(C2CCN(C(=O)c3ccc4c(c3)S(=O)(=O)N(C(C)C)C4=O)C2)cc1. The van der Waals surface area contributed by atoms with Gasteiger partial charge in [0.15, 0.2) is 0 Å². The van der Waals surface area contributed by atoms with Gasteiger partial charge in [-0.25, -0.2) is 12.7 Å². The van der Waals surface area contributed by atoms with Crippen LogP contribution in [0.5, 0.6) is 5.75 Å². The molecule has 0 radical (unpaired) electrons. The predicted molar refractivity (Wildman–Crippen MR) is 111 cm³/mol. The monoisotopic (exact) mass is 428 g/mol. The average Bonchev–Trinajstić information content (AvgIpc) is 3.29. The van der Waals surface area contributed by atoms with Crippen LogP contribution >= 0.6 is 0 Å². The molecule has 158 valence electrons. The van der Waals surface area contributed by atoms with Crippen LogP contribution in [-0.2, 0) is 10.0 Å². The van der Waals surface area contributed by atoms with E-state index in [1.54, 1.807) is 31.9 Å². The maximum absolute atomic E-state index is 13.0. The van der Waals surface area contributed by atoms with E-state index in [9.17, 15) is 18.0 Å². The zero-order valence-electron chi connectivity index (χ0n) is 17.2. The molecule has 7 nitrogen and oxygen atoms in total. The minimum atomic E-state index is -3.93. The zero-order chi connectivity index (χ0) is 21.6. The van der Waals surface area contributed by atoms with Crippen molar-refractivity contribution in [2.45, 2.75) is 37.1 Å². The van der Waals surface area contributed by atoms with Crippen LogP contribution in [-0.4, -0.2) is 55.7 Å². The first-order chi connectivity index (χ1) is 14.2. The van der Waals surface area contributed by atoms with Crippen LogP contribution in [0.2, 0.25) is 0 Å². The lowest BCUT2D eigenvalue weighted by Gasteiger charge is -2.19. The largest absolute Gasteiger partial charge is 0.497 e. The Labute approximate surface area is 176 Å². The Morgan fingerprint density at radius 3 is 2.47 bits per heavy atom. The van der Waals surface area contributed by atoms with E-state index in [0.29, 0.717) is 13.1 Å². The Kier molecular flexibility index (Phi) is 5.05.